The summed E-state index contributed by atoms with van der Waals surface area (Å²) < 4.78 is 84.7. The van der Waals surface area contributed by atoms with Crippen LogP contribution in [0.15, 0.2) is 259 Å². The van der Waals surface area contributed by atoms with Gasteiger partial charge in [-0.15, -0.1) is 0 Å². The standard InChI is InChI=1S/C44H66O8P2.C42H61O5P/c1-33(21-17-23-35(3)25-27-41-37(5)29-39(31-43(41,7)8)51-53(45,47-11)48-12)19-15-16-20-34(2)22-18-24-36(4)26-28-42-38(6)30-40(32-44(42,9)10)52-54(46,49-13)50-14;1-31(19-15-21-33(3)23-25-39-35(5)27-37(43)29-41(39,7)8)17-13-14-18-32(2)20-16-22-34(4)24-26-40-36(6)28-38(30-42(40,9)10)47-48(44,45-11)46-12/h15-28,39-40H,29-32H2,1-14H3;13-26,37-38,43H,27-30H2,1-12H3/b16-15+,21-17+,22-18+,27-25+,28-26+,33-19+,34-20+,35-23+,36-24+;14-13+,19-15+,20-16+,25-23+,26-24+,31-17+,32-18+,33-21+,34-22+. The third kappa shape index (κ3) is 31.7. The maximum atomic E-state index is 12.5. The number of allylic oxidation sites excluding steroid dienone is 40. The Morgan fingerprint density at radius 2 is 0.500 bits per heavy atom. The lowest BCUT2D eigenvalue weighted by Crippen LogP contribution is -2.30. The highest BCUT2D eigenvalue weighted by Crippen LogP contribution is 2.56. The molecule has 0 aromatic rings. The fourth-order valence-corrected chi connectivity index (χ4v) is 15.9. The summed E-state index contributed by atoms with van der Waals surface area (Å²) in [6.07, 6.45) is 64.0. The minimum Gasteiger partial charge on any atom is -0.393 e. The van der Waals surface area contributed by atoms with Crippen molar-refractivity contribution in [3.05, 3.63) is 259 Å². The van der Waals surface area contributed by atoms with Gasteiger partial charge in [0.2, 0.25) is 0 Å². The van der Waals surface area contributed by atoms with Crippen LogP contribution in [0, 0.1) is 21.7 Å². The third-order valence-corrected chi connectivity index (χ3v) is 23.0. The fourth-order valence-electron chi connectivity index (χ4n) is 13.4. The zero-order valence-corrected chi connectivity index (χ0v) is 69.5. The number of aliphatic hydroxyl groups excluding tert-OH is 1. The second kappa shape index (κ2) is 42.6. The average Bonchev–Trinajstić information content (AvgIpc) is 0.809. The molecule has 0 fully saturated rings. The van der Waals surface area contributed by atoms with Crippen molar-refractivity contribution >= 4 is 23.5 Å². The minimum atomic E-state index is -3.53. The molecule has 1 N–H and O–H groups in total. The molecule has 102 heavy (non-hydrogen) atoms. The number of phosphoric acid groups is 3. The van der Waals surface area contributed by atoms with E-state index in [1.54, 1.807) is 0 Å². The van der Waals surface area contributed by atoms with Crippen LogP contribution in [0.2, 0.25) is 0 Å². The van der Waals surface area contributed by atoms with E-state index < -0.39 is 23.5 Å². The van der Waals surface area contributed by atoms with Gasteiger partial charge in [0, 0.05) is 42.7 Å². The molecule has 4 aliphatic carbocycles. The molecule has 0 bridgehead atoms. The monoisotopic (exact) mass is 1460 g/mol. The molecule has 4 atom stereocenters. The average molecular weight is 1460 g/mol. The van der Waals surface area contributed by atoms with Gasteiger partial charge < -0.3 is 5.11 Å². The van der Waals surface area contributed by atoms with E-state index in [0.29, 0.717) is 19.3 Å². The maximum Gasteiger partial charge on any atom is 0.474 e. The Morgan fingerprint density at radius 1 is 0.314 bits per heavy atom. The van der Waals surface area contributed by atoms with E-state index in [-0.39, 0.29) is 46.1 Å². The van der Waals surface area contributed by atoms with Gasteiger partial charge in [-0.05, 0) is 178 Å². The van der Waals surface area contributed by atoms with Gasteiger partial charge in [0.1, 0.15) is 0 Å². The number of phosphoric ester groups is 3. The van der Waals surface area contributed by atoms with Crippen LogP contribution in [0.25, 0.3) is 0 Å². The SMILES string of the molecule is COP(=O)(OC)OC1CC(C)=C(/C=C/C(C)=C/C=C/C(C)=C/C=C/C=C(C)/C=C/C=C(C)/C=C/C2=C(C)CC(O)CC2(C)C)C(C)(C)C1.COP(=O)(OC)OC1CC(C)=C(/C=C/C(C)=C/C=C/C(C)=C/C=C/C=C(C)/C=C/C=C(C)/C=C/C2=C(C)CC(OP(=O)(OC)OC)CC2(C)C)C(C)(C)C1. The Bertz CT molecular complexity index is 3590. The van der Waals surface area contributed by atoms with Crippen molar-refractivity contribution < 1.29 is 59.5 Å². The van der Waals surface area contributed by atoms with E-state index in [1.165, 1.54) is 98.4 Å². The van der Waals surface area contributed by atoms with Crippen molar-refractivity contribution in [2.24, 2.45) is 21.7 Å². The summed E-state index contributed by atoms with van der Waals surface area (Å²) in [6, 6.07) is 0. The smallest absolute Gasteiger partial charge is 0.393 e. The summed E-state index contributed by atoms with van der Waals surface area (Å²) in [5.74, 6) is 0. The van der Waals surface area contributed by atoms with Gasteiger partial charge in [0.25, 0.3) is 0 Å². The topological polar surface area (TPSA) is 155 Å². The lowest BCUT2D eigenvalue weighted by Gasteiger charge is -2.38. The van der Waals surface area contributed by atoms with E-state index in [9.17, 15) is 18.8 Å². The van der Waals surface area contributed by atoms with Gasteiger partial charge >= 0.3 is 23.5 Å². The first-order valence-electron chi connectivity index (χ1n) is 35.5. The van der Waals surface area contributed by atoms with Crippen molar-refractivity contribution in [2.45, 2.75) is 214 Å². The summed E-state index contributed by atoms with van der Waals surface area (Å²) in [5.41, 5.74) is 18.9. The Morgan fingerprint density at radius 3 is 0.696 bits per heavy atom. The van der Waals surface area contributed by atoms with Crippen LogP contribution in [0.3, 0.4) is 0 Å². The van der Waals surface area contributed by atoms with E-state index in [1.807, 2.05) is 12.2 Å². The van der Waals surface area contributed by atoms with Crippen LogP contribution in [0.1, 0.15) is 190 Å². The summed E-state index contributed by atoms with van der Waals surface area (Å²) in [7, 11) is -2.52. The summed E-state index contributed by atoms with van der Waals surface area (Å²) in [5, 5.41) is 10.1. The molecule has 0 heterocycles. The fraction of sp³-hybridized carbons (Fsp3) is 0.488. The van der Waals surface area contributed by atoms with Gasteiger partial charge in [-0.2, -0.15) is 0 Å². The highest BCUT2D eigenvalue weighted by molar-refractivity contribution is 7.49. The first kappa shape index (κ1) is 90.8. The molecule has 4 rings (SSSR count). The van der Waals surface area contributed by atoms with E-state index >= 15 is 0 Å². The molecule has 0 amide bonds. The first-order chi connectivity index (χ1) is 47.6. The predicted molar refractivity (Wildman–Crippen MR) is 430 cm³/mol. The Hall–Kier alpha value is -5.43. The first-order valence-corrected chi connectivity index (χ1v) is 39.9. The van der Waals surface area contributed by atoms with Gasteiger partial charge in [-0.25, -0.2) is 13.7 Å². The minimum absolute atomic E-state index is 0.00585. The van der Waals surface area contributed by atoms with Gasteiger partial charge in [0.05, 0.1) is 24.4 Å². The molecule has 4 aliphatic rings. The van der Waals surface area contributed by atoms with E-state index in [2.05, 4.69) is 296 Å². The van der Waals surface area contributed by atoms with Gasteiger partial charge in [0.15, 0.2) is 0 Å². The lowest BCUT2D eigenvalue weighted by atomic mass is 9.71. The van der Waals surface area contributed by atoms with E-state index in [0.717, 1.165) is 65.5 Å². The predicted octanol–water partition coefficient (Wildman–Crippen LogP) is 25.4. The second-order valence-electron chi connectivity index (χ2n) is 30.0. The van der Waals surface area contributed by atoms with Gasteiger partial charge in [-0.1, -0.05) is 292 Å². The van der Waals surface area contributed by atoms with E-state index in [4.69, 9.17) is 40.7 Å². The molecule has 0 saturated carbocycles. The van der Waals surface area contributed by atoms with Crippen LogP contribution in [-0.4, -0.2) is 72.2 Å². The third-order valence-electron chi connectivity index (χ3n) is 18.6. The van der Waals surface area contributed by atoms with Crippen molar-refractivity contribution in [3.8, 4) is 0 Å². The zero-order chi connectivity index (χ0) is 76.9. The maximum absolute atomic E-state index is 12.5. The van der Waals surface area contributed by atoms with Crippen molar-refractivity contribution in [3.63, 3.8) is 0 Å². The summed E-state index contributed by atoms with van der Waals surface area (Å²) in [6.45, 7) is 42.7. The second-order valence-corrected chi connectivity index (χ2v) is 35.5. The van der Waals surface area contributed by atoms with Crippen LogP contribution < -0.4 is 0 Å². The number of aliphatic hydroxyl groups is 1. The zero-order valence-electron chi connectivity index (χ0n) is 66.8. The lowest BCUT2D eigenvalue weighted by molar-refractivity contribution is 0.0754. The molecule has 0 aliphatic heterocycles. The van der Waals surface area contributed by atoms with Crippen LogP contribution >= 0.6 is 23.5 Å². The Balaban J connectivity index is 0.000000534. The van der Waals surface area contributed by atoms with Crippen LogP contribution in [0.5, 0.6) is 0 Å². The van der Waals surface area contributed by atoms with Crippen molar-refractivity contribution in [1.82, 2.24) is 0 Å². The molecular formula is C86H127O13P3. The Kier molecular flexibility index (Phi) is 38.0. The normalized spacial score (nSPS) is 23.2. The van der Waals surface area contributed by atoms with Crippen LogP contribution in [-0.2, 0) is 54.4 Å². The molecule has 564 valence electrons. The quantitative estimate of drug-likeness (QED) is 0.0502. The number of rotatable bonds is 32. The highest BCUT2D eigenvalue weighted by Gasteiger charge is 2.41. The summed E-state index contributed by atoms with van der Waals surface area (Å²) in [4.78, 5) is 0. The number of hydrogen-bond donors (Lipinski definition) is 1. The molecular weight excluding hydrogens is 1330 g/mol. The molecule has 13 nitrogen and oxygen atoms in total. The molecule has 0 spiro atoms. The largest absolute Gasteiger partial charge is 0.474 e. The number of hydrogen-bond acceptors (Lipinski definition) is 13. The van der Waals surface area contributed by atoms with Gasteiger partial charge in [-0.3, -0.25) is 40.7 Å². The molecule has 0 radical (unpaired) electrons. The van der Waals surface area contributed by atoms with Crippen molar-refractivity contribution in [2.75, 3.05) is 42.7 Å². The Labute approximate surface area is 617 Å². The van der Waals surface area contributed by atoms with Crippen LogP contribution in [0.4, 0.5) is 0 Å². The summed E-state index contributed by atoms with van der Waals surface area (Å²) >= 11 is 0. The molecule has 16 heteroatoms. The van der Waals surface area contributed by atoms with Crippen molar-refractivity contribution in [1.29, 1.82) is 0 Å². The molecule has 0 aromatic heterocycles. The molecule has 4 unspecified atom stereocenters. The molecule has 0 aromatic carbocycles. The molecule has 0 saturated heterocycles. The highest BCUT2D eigenvalue weighted by atomic mass is 31.2.